The molecule has 0 fully saturated rings. The Labute approximate surface area is 217 Å². The lowest BCUT2D eigenvalue weighted by molar-refractivity contribution is 1.38. The number of hydrogen-bond acceptors (Lipinski definition) is 4. The van der Waals surface area contributed by atoms with Crippen LogP contribution in [0.3, 0.4) is 0 Å². The first kappa shape index (κ1) is 24.7. The molecule has 0 N–H and O–H groups in total. The van der Waals surface area contributed by atoms with Gasteiger partial charge in [0.2, 0.25) is 0 Å². The molecule has 4 nitrogen and oxygen atoms in total. The van der Waals surface area contributed by atoms with E-state index in [1.165, 1.54) is 22.7 Å². The molecule has 36 heavy (non-hydrogen) atoms. The van der Waals surface area contributed by atoms with Gasteiger partial charge in [-0.25, -0.2) is 0 Å². The molecule has 2 heterocycles. The maximum atomic E-state index is 9.57. The standard InChI is InChI=1S/C30H20N4S2/c1-17-7-18(2)10-21(9-17)24-13-26(23(15-31)16-32)35-28(24)29-25(14-27(36-29)30(33-5)34-6)22-11-19(3)8-20(4)12-22/h7-14H,1-4H3/b29-28+. The Morgan fingerprint density at radius 3 is 1.42 bits per heavy atom. The summed E-state index contributed by atoms with van der Waals surface area (Å²) in [5.74, 6) is 0.0305. The smallest absolute Gasteiger partial charge is 0.192 e. The van der Waals surface area contributed by atoms with E-state index in [1.54, 1.807) is 0 Å². The summed E-state index contributed by atoms with van der Waals surface area (Å²) in [4.78, 5) is 6.91. The molecule has 0 aliphatic heterocycles. The van der Waals surface area contributed by atoms with Crippen molar-refractivity contribution in [1.82, 2.24) is 0 Å². The second-order valence-corrected chi connectivity index (χ2v) is 10.7. The molecule has 0 spiro atoms. The molecule has 0 bridgehead atoms. The number of thiophene rings is 2. The van der Waals surface area contributed by atoms with Crippen LogP contribution in [0.15, 0.2) is 48.5 Å². The summed E-state index contributed by atoms with van der Waals surface area (Å²) < 4.78 is 3.04. The summed E-state index contributed by atoms with van der Waals surface area (Å²) in [6.45, 7) is 23.2. The van der Waals surface area contributed by atoms with Crippen LogP contribution in [0.25, 0.3) is 43.3 Å². The summed E-state index contributed by atoms with van der Waals surface area (Å²) in [6, 6.07) is 20.5. The van der Waals surface area contributed by atoms with E-state index in [0.717, 1.165) is 53.6 Å². The molecule has 4 aromatic rings. The minimum Gasteiger partial charge on any atom is -0.192 e. The molecule has 0 amide bonds. The Balaban J connectivity index is 2.33. The van der Waals surface area contributed by atoms with Crippen molar-refractivity contribution in [1.29, 1.82) is 10.5 Å². The second kappa shape index (κ2) is 10.0. The highest BCUT2D eigenvalue weighted by Gasteiger charge is 2.15. The van der Waals surface area contributed by atoms with Crippen molar-refractivity contribution in [3.63, 3.8) is 0 Å². The quantitative estimate of drug-likeness (QED) is 0.285. The third-order valence-electron chi connectivity index (χ3n) is 5.64. The van der Waals surface area contributed by atoms with Gasteiger partial charge in [-0.05, 0) is 51.0 Å². The molecule has 2 aromatic heterocycles. The molecule has 4 rings (SSSR count). The summed E-state index contributed by atoms with van der Waals surface area (Å²) in [5.41, 5.74) is 8.40. The van der Waals surface area contributed by atoms with Gasteiger partial charge in [-0.15, -0.1) is 22.7 Å². The highest BCUT2D eigenvalue weighted by atomic mass is 32.1. The second-order valence-electron chi connectivity index (χ2n) is 8.61. The van der Waals surface area contributed by atoms with Gasteiger partial charge in [-0.3, -0.25) is 0 Å². The van der Waals surface area contributed by atoms with Gasteiger partial charge in [0.25, 0.3) is 0 Å². The van der Waals surface area contributed by atoms with E-state index in [-0.39, 0.29) is 11.4 Å². The average Bonchev–Trinajstić information content (AvgIpc) is 3.45. The lowest BCUT2D eigenvalue weighted by Gasteiger charge is -2.05. The van der Waals surface area contributed by atoms with Gasteiger partial charge in [0, 0.05) is 11.1 Å². The molecule has 2 aromatic carbocycles. The number of benzene rings is 2. The van der Waals surface area contributed by atoms with Crippen molar-refractivity contribution in [3.8, 4) is 34.4 Å². The fourth-order valence-electron chi connectivity index (χ4n) is 4.31. The van der Waals surface area contributed by atoms with Gasteiger partial charge in [0.15, 0.2) is 0 Å². The van der Waals surface area contributed by atoms with Gasteiger partial charge in [-0.2, -0.15) is 20.2 Å². The lowest BCUT2D eigenvalue weighted by atomic mass is 10.0. The summed E-state index contributed by atoms with van der Waals surface area (Å²) in [6.07, 6.45) is 0. The average molecular weight is 501 g/mol. The SMILES string of the molecule is [C-]#[N+]C([N+]#[C-])=c1cc(-c2cc(C)cc(C)c2)/c(=c2\sc(=C(C#N)C#N)cc2-c2cc(C)cc(C)c2)s1. The zero-order valence-corrected chi connectivity index (χ0v) is 21.9. The van der Waals surface area contributed by atoms with E-state index < -0.39 is 0 Å². The van der Waals surface area contributed by atoms with Crippen LogP contribution in [0.5, 0.6) is 0 Å². The van der Waals surface area contributed by atoms with E-state index in [2.05, 4.69) is 46.1 Å². The first-order chi connectivity index (χ1) is 17.3. The summed E-state index contributed by atoms with van der Waals surface area (Å²) >= 11 is 2.80. The van der Waals surface area contributed by atoms with Crippen LogP contribution in [0.4, 0.5) is 0 Å². The first-order valence-electron chi connectivity index (χ1n) is 11.0. The Hall–Kier alpha value is -4.46. The molecule has 6 heteroatoms. The molecule has 0 unspecified atom stereocenters. The van der Waals surface area contributed by atoms with Gasteiger partial charge in [0.05, 0.1) is 13.6 Å². The van der Waals surface area contributed by atoms with Crippen molar-refractivity contribution in [2.45, 2.75) is 27.7 Å². The Morgan fingerprint density at radius 2 is 1.03 bits per heavy atom. The van der Waals surface area contributed by atoms with Gasteiger partial charge in [0.1, 0.15) is 35.4 Å². The number of hydrogen-bond donors (Lipinski definition) is 0. The van der Waals surface area contributed by atoms with Crippen LogP contribution in [-0.2, 0) is 0 Å². The molecule has 0 saturated carbocycles. The van der Waals surface area contributed by atoms with Crippen LogP contribution in [-0.4, -0.2) is 0 Å². The Kier molecular flexibility index (Phi) is 6.87. The summed E-state index contributed by atoms with van der Waals surface area (Å²) in [7, 11) is 0. The predicted octanol–water partition coefficient (Wildman–Crippen LogP) is 6.77. The van der Waals surface area contributed by atoms with Crippen LogP contribution in [0, 0.1) is 72.6 Å². The fraction of sp³-hybridized carbons (Fsp3) is 0.133. The number of nitrogens with zero attached hydrogens (tertiary/aromatic N) is 4. The zero-order chi connectivity index (χ0) is 26.0. The maximum absolute atomic E-state index is 9.57. The number of aryl methyl sites for hydroxylation is 4. The highest BCUT2D eigenvalue weighted by Crippen LogP contribution is 2.31. The van der Waals surface area contributed by atoms with Crippen LogP contribution in [0.1, 0.15) is 22.3 Å². The molecular formula is C30H20N4S2. The van der Waals surface area contributed by atoms with E-state index in [4.69, 9.17) is 13.1 Å². The van der Waals surface area contributed by atoms with Gasteiger partial charge < -0.3 is 0 Å². The Morgan fingerprint density at radius 1 is 0.639 bits per heavy atom. The van der Waals surface area contributed by atoms with Gasteiger partial charge in [-0.1, -0.05) is 58.7 Å². The zero-order valence-electron chi connectivity index (χ0n) is 20.2. The normalized spacial score (nSPS) is 11.1. The van der Waals surface area contributed by atoms with Crippen LogP contribution in [0.2, 0.25) is 0 Å². The van der Waals surface area contributed by atoms with E-state index in [9.17, 15) is 10.5 Å². The predicted molar refractivity (Wildman–Crippen MR) is 147 cm³/mol. The third-order valence-corrected chi connectivity index (χ3v) is 8.09. The van der Waals surface area contributed by atoms with Crippen molar-refractivity contribution >= 4 is 34.1 Å². The van der Waals surface area contributed by atoms with E-state index >= 15 is 0 Å². The van der Waals surface area contributed by atoms with E-state index in [0.29, 0.717) is 9.06 Å². The molecule has 0 atom stereocenters. The number of rotatable bonds is 2. The molecule has 0 aliphatic rings. The van der Waals surface area contributed by atoms with Crippen molar-refractivity contribution in [2.24, 2.45) is 0 Å². The molecule has 172 valence electrons. The van der Waals surface area contributed by atoms with Crippen LogP contribution >= 0.6 is 22.7 Å². The largest absolute Gasteiger partial charge is 0.536 e. The topological polar surface area (TPSA) is 56.3 Å². The molecular weight excluding hydrogens is 480 g/mol. The van der Waals surface area contributed by atoms with Crippen molar-refractivity contribution in [2.75, 3.05) is 0 Å². The highest BCUT2D eigenvalue weighted by molar-refractivity contribution is 7.12. The molecule has 0 saturated heterocycles. The first-order valence-corrected chi connectivity index (χ1v) is 12.7. The molecule has 0 aliphatic carbocycles. The third kappa shape index (κ3) is 4.70. The Bertz CT molecular complexity index is 1710. The van der Waals surface area contributed by atoms with Gasteiger partial charge >= 0.3 is 5.82 Å². The number of nitriles is 2. The van der Waals surface area contributed by atoms with Crippen LogP contribution < -0.4 is 9.06 Å². The molecule has 0 radical (unpaired) electrons. The minimum absolute atomic E-state index is 0.0305. The maximum Gasteiger partial charge on any atom is 0.536 e. The fourth-order valence-corrected chi connectivity index (χ4v) is 6.71. The van der Waals surface area contributed by atoms with Crippen molar-refractivity contribution in [3.05, 3.63) is 112 Å². The minimum atomic E-state index is 0.0305. The van der Waals surface area contributed by atoms with Crippen molar-refractivity contribution < 1.29 is 0 Å². The monoisotopic (exact) mass is 500 g/mol. The van der Waals surface area contributed by atoms with E-state index in [1.807, 2.05) is 52.0 Å². The lowest BCUT2D eigenvalue weighted by Crippen LogP contribution is -1.95. The summed E-state index contributed by atoms with van der Waals surface area (Å²) in [5, 5.41) is 19.1.